The molecular formula is C15H15ClN2O3. The minimum atomic E-state index is -0.430. The summed E-state index contributed by atoms with van der Waals surface area (Å²) in [4.78, 5) is 10.6. The monoisotopic (exact) mass is 306 g/mol. The number of aliphatic hydroxyl groups is 1. The molecule has 1 saturated carbocycles. The zero-order valence-corrected chi connectivity index (χ0v) is 12.0. The highest BCUT2D eigenvalue weighted by Crippen LogP contribution is 2.40. The second-order valence-electron chi connectivity index (χ2n) is 5.43. The minimum Gasteiger partial charge on any atom is -0.388 e. The Balaban J connectivity index is 1.83. The molecule has 1 atom stereocenters. The van der Waals surface area contributed by atoms with E-state index >= 15 is 0 Å². The average Bonchev–Trinajstić information content (AvgIpc) is 3.18. The summed E-state index contributed by atoms with van der Waals surface area (Å²) in [7, 11) is 0. The molecule has 0 amide bonds. The van der Waals surface area contributed by atoms with Crippen LogP contribution >= 0.6 is 11.6 Å². The van der Waals surface area contributed by atoms with Crippen LogP contribution in [0.4, 0.5) is 5.69 Å². The molecule has 1 heterocycles. The molecule has 0 bridgehead atoms. The summed E-state index contributed by atoms with van der Waals surface area (Å²) in [5.74, 6) is 0.362. The van der Waals surface area contributed by atoms with Crippen molar-refractivity contribution in [3.8, 4) is 0 Å². The molecule has 0 saturated heterocycles. The Morgan fingerprint density at radius 3 is 2.86 bits per heavy atom. The lowest BCUT2D eigenvalue weighted by atomic mass is 10.1. The van der Waals surface area contributed by atoms with Gasteiger partial charge in [-0.15, -0.1) is 0 Å². The molecule has 1 aromatic heterocycles. The van der Waals surface area contributed by atoms with Gasteiger partial charge in [0, 0.05) is 23.5 Å². The van der Waals surface area contributed by atoms with Gasteiger partial charge in [-0.3, -0.25) is 10.1 Å². The van der Waals surface area contributed by atoms with Crippen LogP contribution in [0.3, 0.4) is 0 Å². The number of nitrogens with zero attached hydrogens (tertiary/aromatic N) is 2. The molecule has 21 heavy (non-hydrogen) atoms. The first-order valence-electron chi connectivity index (χ1n) is 6.81. The van der Waals surface area contributed by atoms with E-state index in [0.717, 1.165) is 18.4 Å². The van der Waals surface area contributed by atoms with Gasteiger partial charge in [0.25, 0.3) is 5.69 Å². The Labute approximate surface area is 126 Å². The number of benzene rings is 1. The van der Waals surface area contributed by atoms with Crippen LogP contribution in [-0.4, -0.2) is 14.6 Å². The molecule has 0 radical (unpaired) electrons. The van der Waals surface area contributed by atoms with Crippen molar-refractivity contribution in [1.29, 1.82) is 0 Å². The number of aliphatic hydroxyl groups excluding tert-OH is 1. The first-order chi connectivity index (χ1) is 10.0. The van der Waals surface area contributed by atoms with Gasteiger partial charge in [0.15, 0.2) is 0 Å². The molecule has 1 aliphatic carbocycles. The predicted molar refractivity (Wildman–Crippen MR) is 79.3 cm³/mol. The highest BCUT2D eigenvalue weighted by atomic mass is 35.5. The van der Waals surface area contributed by atoms with Gasteiger partial charge >= 0.3 is 0 Å². The number of nitro groups is 1. The van der Waals surface area contributed by atoms with Crippen molar-refractivity contribution in [2.45, 2.75) is 25.5 Å². The number of hydrogen-bond donors (Lipinski definition) is 1. The molecule has 1 N–H and O–H groups in total. The van der Waals surface area contributed by atoms with E-state index in [-0.39, 0.29) is 5.69 Å². The molecule has 5 nitrogen and oxygen atoms in total. The largest absolute Gasteiger partial charge is 0.388 e. The van der Waals surface area contributed by atoms with Gasteiger partial charge in [0.05, 0.1) is 23.1 Å². The maximum absolute atomic E-state index is 11.0. The molecule has 3 rings (SSSR count). The van der Waals surface area contributed by atoms with Crippen LogP contribution in [0, 0.1) is 16.0 Å². The van der Waals surface area contributed by atoms with Gasteiger partial charge in [-0.1, -0.05) is 11.6 Å². The molecule has 1 aromatic carbocycles. The van der Waals surface area contributed by atoms with Gasteiger partial charge in [-0.2, -0.15) is 0 Å². The molecule has 1 aliphatic rings. The summed E-state index contributed by atoms with van der Waals surface area (Å²) < 4.78 is 1.83. The van der Waals surface area contributed by atoms with Crippen molar-refractivity contribution in [2.75, 3.05) is 0 Å². The van der Waals surface area contributed by atoms with Crippen molar-refractivity contribution in [1.82, 2.24) is 4.57 Å². The quantitative estimate of drug-likeness (QED) is 0.678. The summed E-state index contributed by atoms with van der Waals surface area (Å²) in [6, 6.07) is 6.40. The lowest BCUT2D eigenvalue weighted by Gasteiger charge is -2.07. The van der Waals surface area contributed by atoms with Crippen LogP contribution in [0.2, 0.25) is 5.02 Å². The zero-order valence-electron chi connectivity index (χ0n) is 11.3. The van der Waals surface area contributed by atoms with E-state index < -0.39 is 11.0 Å². The molecule has 2 aromatic rings. The topological polar surface area (TPSA) is 68.3 Å². The molecule has 1 fully saturated rings. The van der Waals surface area contributed by atoms with Crippen molar-refractivity contribution in [2.24, 2.45) is 5.92 Å². The summed E-state index contributed by atoms with van der Waals surface area (Å²) in [5, 5.41) is 21.6. The zero-order chi connectivity index (χ0) is 15.0. The van der Waals surface area contributed by atoms with Gasteiger partial charge in [0.1, 0.15) is 0 Å². The van der Waals surface area contributed by atoms with E-state index in [4.69, 9.17) is 11.6 Å². The average molecular weight is 307 g/mol. The Kier molecular flexibility index (Phi) is 3.69. The number of hydrogen-bond acceptors (Lipinski definition) is 3. The number of nitro benzene ring substituents is 1. The van der Waals surface area contributed by atoms with Crippen LogP contribution in [0.25, 0.3) is 0 Å². The van der Waals surface area contributed by atoms with Crippen molar-refractivity contribution < 1.29 is 10.0 Å². The first kappa shape index (κ1) is 14.1. The van der Waals surface area contributed by atoms with Crippen LogP contribution in [0.1, 0.15) is 30.1 Å². The second kappa shape index (κ2) is 5.50. The van der Waals surface area contributed by atoms with E-state index in [9.17, 15) is 15.2 Å². The van der Waals surface area contributed by atoms with Gasteiger partial charge in [-0.25, -0.2) is 0 Å². The lowest BCUT2D eigenvalue weighted by molar-refractivity contribution is -0.385. The lowest BCUT2D eigenvalue weighted by Crippen LogP contribution is -2.02. The number of halogens is 1. The van der Waals surface area contributed by atoms with E-state index in [2.05, 4.69) is 0 Å². The molecule has 0 aliphatic heterocycles. The summed E-state index contributed by atoms with van der Waals surface area (Å²) in [5.41, 5.74) is 1.47. The maximum Gasteiger partial charge on any atom is 0.274 e. The second-order valence-corrected chi connectivity index (χ2v) is 5.87. The van der Waals surface area contributed by atoms with E-state index in [1.807, 2.05) is 23.0 Å². The standard InChI is InChI=1S/C15H15ClN2O3/c16-13-3-4-14(18(20)21)12(7-13)9-17-6-5-11(8-17)15(19)10-1-2-10/h3-8,10,15,19H,1-2,9H2. The van der Waals surface area contributed by atoms with Crippen LogP contribution in [0.5, 0.6) is 0 Å². The fraction of sp³-hybridized carbons (Fsp3) is 0.333. The molecule has 110 valence electrons. The Hall–Kier alpha value is -1.85. The Bertz CT molecular complexity index is 679. The Morgan fingerprint density at radius 1 is 1.43 bits per heavy atom. The SMILES string of the molecule is O=[N+]([O-])c1ccc(Cl)cc1Cn1ccc(C(O)C2CC2)c1. The van der Waals surface area contributed by atoms with Crippen LogP contribution in [0.15, 0.2) is 36.7 Å². The highest BCUT2D eigenvalue weighted by Gasteiger charge is 2.31. The minimum absolute atomic E-state index is 0.0531. The van der Waals surface area contributed by atoms with E-state index in [1.54, 1.807) is 6.07 Å². The predicted octanol–water partition coefficient (Wildman–Crippen LogP) is 3.54. The van der Waals surface area contributed by atoms with Gasteiger partial charge < -0.3 is 9.67 Å². The third-order valence-corrected chi connectivity index (χ3v) is 4.01. The molecule has 1 unspecified atom stereocenters. The van der Waals surface area contributed by atoms with Gasteiger partial charge in [0.2, 0.25) is 0 Å². The molecular weight excluding hydrogens is 292 g/mol. The van der Waals surface area contributed by atoms with Crippen molar-refractivity contribution in [3.05, 3.63) is 62.9 Å². The van der Waals surface area contributed by atoms with Gasteiger partial charge in [-0.05, 0) is 42.5 Å². The first-order valence-corrected chi connectivity index (χ1v) is 7.19. The fourth-order valence-corrected chi connectivity index (χ4v) is 2.67. The van der Waals surface area contributed by atoms with Crippen molar-refractivity contribution in [3.63, 3.8) is 0 Å². The normalized spacial score (nSPS) is 15.9. The van der Waals surface area contributed by atoms with E-state index in [1.165, 1.54) is 12.1 Å². The maximum atomic E-state index is 11.0. The third-order valence-electron chi connectivity index (χ3n) is 3.77. The summed E-state index contributed by atoms with van der Waals surface area (Å²) in [6.45, 7) is 0.355. The van der Waals surface area contributed by atoms with Crippen molar-refractivity contribution >= 4 is 17.3 Å². The summed E-state index contributed by atoms with van der Waals surface area (Å²) >= 11 is 5.92. The van der Waals surface area contributed by atoms with Crippen LogP contribution in [-0.2, 0) is 6.54 Å². The van der Waals surface area contributed by atoms with Crippen LogP contribution < -0.4 is 0 Å². The fourth-order valence-electron chi connectivity index (χ4n) is 2.47. The number of aromatic nitrogens is 1. The Morgan fingerprint density at radius 2 is 2.19 bits per heavy atom. The smallest absolute Gasteiger partial charge is 0.274 e. The molecule has 6 heteroatoms. The molecule has 0 spiro atoms. The number of rotatable bonds is 5. The third kappa shape index (κ3) is 3.09. The van der Waals surface area contributed by atoms with E-state index in [0.29, 0.717) is 23.0 Å². The highest BCUT2D eigenvalue weighted by molar-refractivity contribution is 6.30. The summed E-state index contributed by atoms with van der Waals surface area (Å²) in [6.07, 6.45) is 5.36.